The van der Waals surface area contributed by atoms with Crippen molar-refractivity contribution >= 4 is 17.3 Å². The second-order valence-corrected chi connectivity index (χ2v) is 3.93. The number of aryl methyl sites for hydroxylation is 1. The largest absolute Gasteiger partial charge is 0.462 e. The van der Waals surface area contributed by atoms with Crippen molar-refractivity contribution in [2.45, 2.75) is 19.8 Å². The molecule has 0 aromatic carbocycles. The quantitative estimate of drug-likeness (QED) is 0.424. The lowest BCUT2D eigenvalue weighted by molar-refractivity contribution is -0.139. The minimum absolute atomic E-state index is 0.296. The van der Waals surface area contributed by atoms with E-state index in [2.05, 4.69) is 23.4 Å². The van der Waals surface area contributed by atoms with Crippen LogP contribution in [0.5, 0.6) is 0 Å². The molecule has 76 valence electrons. The summed E-state index contributed by atoms with van der Waals surface area (Å²) in [4.78, 5) is 11.0. The molecule has 0 radical (unpaired) electrons. The number of esters is 1. The Morgan fingerprint density at radius 2 is 2.43 bits per heavy atom. The summed E-state index contributed by atoms with van der Waals surface area (Å²) in [5, 5.41) is 4.16. The second-order valence-electron chi connectivity index (χ2n) is 3.15. The van der Waals surface area contributed by atoms with E-state index in [1.54, 1.807) is 18.3 Å². The van der Waals surface area contributed by atoms with Gasteiger partial charge in [-0.3, -0.25) is 0 Å². The average Bonchev–Trinajstić information content (AvgIpc) is 2.64. The third-order valence-electron chi connectivity index (χ3n) is 1.77. The first-order chi connectivity index (χ1) is 6.70. The van der Waals surface area contributed by atoms with Gasteiger partial charge in [-0.25, -0.2) is 4.79 Å². The molecule has 14 heavy (non-hydrogen) atoms. The van der Waals surface area contributed by atoms with Crippen molar-refractivity contribution in [1.82, 2.24) is 0 Å². The monoisotopic (exact) mass is 210 g/mol. The number of hydrogen-bond donors (Lipinski definition) is 0. The van der Waals surface area contributed by atoms with Gasteiger partial charge in [0.15, 0.2) is 0 Å². The lowest BCUT2D eigenvalue weighted by Gasteiger charge is -2.02. The van der Waals surface area contributed by atoms with E-state index in [9.17, 15) is 4.79 Å². The van der Waals surface area contributed by atoms with Gasteiger partial charge in [-0.1, -0.05) is 6.58 Å². The normalized spacial score (nSPS) is 9.79. The zero-order valence-corrected chi connectivity index (χ0v) is 9.10. The van der Waals surface area contributed by atoms with E-state index in [0.717, 1.165) is 12.8 Å². The van der Waals surface area contributed by atoms with E-state index in [-0.39, 0.29) is 5.97 Å². The molecule has 3 heteroatoms. The predicted octanol–water partition coefficient (Wildman–Crippen LogP) is 2.80. The molecular formula is C11H14O2S. The summed E-state index contributed by atoms with van der Waals surface area (Å²) < 4.78 is 4.97. The lowest BCUT2D eigenvalue weighted by Crippen LogP contribution is -2.06. The van der Waals surface area contributed by atoms with Crippen molar-refractivity contribution in [2.75, 3.05) is 6.61 Å². The van der Waals surface area contributed by atoms with Crippen LogP contribution in [0.2, 0.25) is 0 Å². The molecule has 2 nitrogen and oxygen atoms in total. The van der Waals surface area contributed by atoms with Gasteiger partial charge >= 0.3 is 5.97 Å². The third-order valence-corrected chi connectivity index (χ3v) is 2.50. The first-order valence-corrected chi connectivity index (χ1v) is 5.48. The highest BCUT2D eigenvalue weighted by Gasteiger charge is 2.02. The summed E-state index contributed by atoms with van der Waals surface area (Å²) in [5.74, 6) is -0.296. The highest BCUT2D eigenvalue weighted by molar-refractivity contribution is 7.07. The molecule has 0 N–H and O–H groups in total. The second kappa shape index (κ2) is 5.60. The van der Waals surface area contributed by atoms with Crippen LogP contribution < -0.4 is 0 Å². The van der Waals surface area contributed by atoms with Gasteiger partial charge in [0.25, 0.3) is 0 Å². The van der Waals surface area contributed by atoms with Crippen molar-refractivity contribution in [3.05, 3.63) is 34.5 Å². The lowest BCUT2D eigenvalue weighted by atomic mass is 10.2. The van der Waals surface area contributed by atoms with Gasteiger partial charge in [0.1, 0.15) is 0 Å². The molecule has 0 bridgehead atoms. The Kier molecular flexibility index (Phi) is 4.40. The number of thiophene rings is 1. The first kappa shape index (κ1) is 11.0. The van der Waals surface area contributed by atoms with Gasteiger partial charge in [0, 0.05) is 5.57 Å². The molecule has 1 aromatic rings. The van der Waals surface area contributed by atoms with Crippen LogP contribution in [0.4, 0.5) is 0 Å². The Balaban J connectivity index is 2.11. The minimum Gasteiger partial charge on any atom is -0.462 e. The number of hydrogen-bond acceptors (Lipinski definition) is 3. The van der Waals surface area contributed by atoms with E-state index in [4.69, 9.17) is 4.74 Å². The molecule has 0 aliphatic carbocycles. The van der Waals surface area contributed by atoms with Crippen LogP contribution in [-0.4, -0.2) is 12.6 Å². The number of ether oxygens (including phenoxy) is 1. The Morgan fingerprint density at radius 3 is 3.00 bits per heavy atom. The van der Waals surface area contributed by atoms with Gasteiger partial charge in [-0.2, -0.15) is 11.3 Å². The molecule has 0 saturated carbocycles. The predicted molar refractivity (Wildman–Crippen MR) is 58.4 cm³/mol. The molecule has 1 rings (SSSR count). The van der Waals surface area contributed by atoms with Crippen molar-refractivity contribution < 1.29 is 9.53 Å². The maximum Gasteiger partial charge on any atom is 0.333 e. The van der Waals surface area contributed by atoms with Crippen molar-refractivity contribution in [2.24, 2.45) is 0 Å². The molecule has 0 amide bonds. The Morgan fingerprint density at radius 1 is 1.64 bits per heavy atom. The third kappa shape index (κ3) is 3.75. The van der Waals surface area contributed by atoms with E-state index in [1.165, 1.54) is 5.56 Å². The molecule has 0 fully saturated rings. The summed E-state index contributed by atoms with van der Waals surface area (Å²) in [7, 11) is 0. The molecule has 0 aliphatic rings. The van der Waals surface area contributed by atoms with Crippen molar-refractivity contribution in [3.8, 4) is 0 Å². The molecule has 1 heterocycles. The van der Waals surface area contributed by atoms with Crippen LogP contribution in [-0.2, 0) is 16.0 Å². The Hall–Kier alpha value is -1.09. The maximum atomic E-state index is 11.0. The van der Waals surface area contributed by atoms with Gasteiger partial charge in [0.2, 0.25) is 0 Å². The Bertz CT molecular complexity index is 301. The summed E-state index contributed by atoms with van der Waals surface area (Å²) in [6.45, 7) is 5.64. The topological polar surface area (TPSA) is 26.3 Å². The molecule has 0 saturated heterocycles. The van der Waals surface area contributed by atoms with Gasteiger partial charge in [-0.15, -0.1) is 0 Å². The molecular weight excluding hydrogens is 196 g/mol. The minimum atomic E-state index is -0.296. The fraction of sp³-hybridized carbons (Fsp3) is 0.364. The maximum absolute atomic E-state index is 11.0. The van der Waals surface area contributed by atoms with Crippen molar-refractivity contribution in [1.29, 1.82) is 0 Å². The zero-order valence-electron chi connectivity index (χ0n) is 8.29. The van der Waals surface area contributed by atoms with Gasteiger partial charge in [-0.05, 0) is 42.2 Å². The average molecular weight is 210 g/mol. The van der Waals surface area contributed by atoms with Crippen LogP contribution >= 0.6 is 11.3 Å². The molecule has 0 unspecified atom stereocenters. The zero-order chi connectivity index (χ0) is 10.4. The van der Waals surface area contributed by atoms with E-state index in [0.29, 0.717) is 12.2 Å². The fourth-order valence-electron chi connectivity index (χ4n) is 0.999. The number of carbonyl (C=O) groups excluding carboxylic acids is 1. The first-order valence-electron chi connectivity index (χ1n) is 4.54. The van der Waals surface area contributed by atoms with Gasteiger partial charge in [0.05, 0.1) is 6.61 Å². The van der Waals surface area contributed by atoms with Crippen LogP contribution in [0, 0.1) is 0 Å². The standard InChI is InChI=1S/C11H14O2S/c1-9(2)11(12)13-6-3-4-10-5-7-14-8-10/h5,7-8H,1,3-4,6H2,2H3. The highest BCUT2D eigenvalue weighted by Crippen LogP contribution is 2.08. The Labute approximate surface area is 88.2 Å². The summed E-state index contributed by atoms with van der Waals surface area (Å²) in [6.07, 6.45) is 1.84. The van der Waals surface area contributed by atoms with Crippen molar-refractivity contribution in [3.63, 3.8) is 0 Å². The summed E-state index contributed by atoms with van der Waals surface area (Å²) in [6, 6.07) is 2.09. The number of rotatable bonds is 5. The SMILES string of the molecule is C=C(C)C(=O)OCCCc1ccsc1. The molecule has 0 spiro atoms. The van der Waals surface area contributed by atoms with Crippen LogP contribution in [0.25, 0.3) is 0 Å². The molecule has 0 atom stereocenters. The van der Waals surface area contributed by atoms with Gasteiger partial charge < -0.3 is 4.74 Å². The highest BCUT2D eigenvalue weighted by atomic mass is 32.1. The van der Waals surface area contributed by atoms with E-state index >= 15 is 0 Å². The van der Waals surface area contributed by atoms with E-state index < -0.39 is 0 Å². The summed E-state index contributed by atoms with van der Waals surface area (Å²) in [5.41, 5.74) is 1.77. The molecule has 0 aliphatic heterocycles. The molecule has 1 aromatic heterocycles. The van der Waals surface area contributed by atoms with E-state index in [1.807, 2.05) is 0 Å². The van der Waals surface area contributed by atoms with Crippen LogP contribution in [0.3, 0.4) is 0 Å². The van der Waals surface area contributed by atoms with Crippen LogP contribution in [0.1, 0.15) is 18.9 Å². The fourth-order valence-corrected chi connectivity index (χ4v) is 1.70. The smallest absolute Gasteiger partial charge is 0.333 e. The summed E-state index contributed by atoms with van der Waals surface area (Å²) >= 11 is 1.69. The van der Waals surface area contributed by atoms with Crippen LogP contribution in [0.15, 0.2) is 29.0 Å². The number of carbonyl (C=O) groups is 1.